The monoisotopic (exact) mass is 303 g/mol. The van der Waals surface area contributed by atoms with Gasteiger partial charge in [-0.2, -0.15) is 0 Å². The van der Waals surface area contributed by atoms with Crippen LogP contribution in [0.2, 0.25) is 5.02 Å². The van der Waals surface area contributed by atoms with Gasteiger partial charge in [0.1, 0.15) is 5.75 Å². The molecule has 112 valence electrons. The number of ether oxygens (including phenoxy) is 1. The van der Waals surface area contributed by atoms with Gasteiger partial charge < -0.3 is 10.1 Å². The molecule has 2 aromatic carbocycles. The van der Waals surface area contributed by atoms with E-state index in [4.69, 9.17) is 16.3 Å². The molecule has 2 nitrogen and oxygen atoms in total. The third-order valence-electron chi connectivity index (χ3n) is 3.20. The fourth-order valence-corrected chi connectivity index (χ4v) is 2.40. The Hall–Kier alpha value is -1.67. The average Bonchev–Trinajstić information content (AvgIpc) is 2.46. The molecular formula is C18H22ClNO. The van der Waals surface area contributed by atoms with Crippen molar-refractivity contribution in [2.24, 2.45) is 5.92 Å². The van der Waals surface area contributed by atoms with E-state index in [1.165, 1.54) is 0 Å². The number of anilines is 1. The van der Waals surface area contributed by atoms with Crippen molar-refractivity contribution >= 4 is 17.3 Å². The molecular weight excluding hydrogens is 282 g/mol. The molecule has 1 unspecified atom stereocenters. The number of para-hydroxylation sites is 2. The summed E-state index contributed by atoms with van der Waals surface area (Å²) in [6.45, 7) is 7.09. The molecule has 0 bridgehead atoms. The lowest BCUT2D eigenvalue weighted by molar-refractivity contribution is 0.272. The highest BCUT2D eigenvalue weighted by atomic mass is 35.5. The quantitative estimate of drug-likeness (QED) is 0.755. The lowest BCUT2D eigenvalue weighted by Crippen LogP contribution is -2.10. The molecule has 0 saturated heterocycles. The number of halogens is 1. The lowest BCUT2D eigenvalue weighted by atomic mass is 10.1. The Morgan fingerprint density at radius 1 is 1.00 bits per heavy atom. The van der Waals surface area contributed by atoms with E-state index in [0.717, 1.165) is 22.0 Å². The molecule has 0 aliphatic rings. The Bertz CT molecular complexity index is 583. The molecule has 2 rings (SSSR count). The fraction of sp³-hybridized carbons (Fsp3) is 0.333. The van der Waals surface area contributed by atoms with Gasteiger partial charge in [0.2, 0.25) is 0 Å². The van der Waals surface area contributed by atoms with Crippen LogP contribution < -0.4 is 10.1 Å². The van der Waals surface area contributed by atoms with Crippen LogP contribution in [0.25, 0.3) is 0 Å². The van der Waals surface area contributed by atoms with Crippen molar-refractivity contribution in [3.63, 3.8) is 0 Å². The highest BCUT2D eigenvalue weighted by Crippen LogP contribution is 2.30. The molecule has 0 fully saturated rings. The van der Waals surface area contributed by atoms with Gasteiger partial charge >= 0.3 is 0 Å². The van der Waals surface area contributed by atoms with Gasteiger partial charge in [-0.15, -0.1) is 0 Å². The van der Waals surface area contributed by atoms with Crippen LogP contribution in [0.3, 0.4) is 0 Å². The molecule has 2 aromatic rings. The summed E-state index contributed by atoms with van der Waals surface area (Å²) in [6, 6.07) is 16.0. The highest BCUT2D eigenvalue weighted by Gasteiger charge is 2.11. The van der Waals surface area contributed by atoms with Crippen LogP contribution in [0, 0.1) is 5.92 Å². The molecule has 1 atom stereocenters. The Kier molecular flexibility index (Phi) is 5.51. The molecule has 0 aromatic heterocycles. The van der Waals surface area contributed by atoms with E-state index < -0.39 is 0 Å². The van der Waals surface area contributed by atoms with Crippen LogP contribution in [0.4, 0.5) is 5.69 Å². The highest BCUT2D eigenvalue weighted by molar-refractivity contribution is 6.31. The van der Waals surface area contributed by atoms with Gasteiger partial charge in [0.15, 0.2) is 0 Å². The molecule has 0 amide bonds. The van der Waals surface area contributed by atoms with Crippen LogP contribution in [0.1, 0.15) is 32.4 Å². The number of hydrogen-bond donors (Lipinski definition) is 1. The van der Waals surface area contributed by atoms with Crippen LogP contribution in [-0.2, 0) is 0 Å². The summed E-state index contributed by atoms with van der Waals surface area (Å²) in [6.07, 6.45) is 0. The van der Waals surface area contributed by atoms with Crippen molar-refractivity contribution in [2.45, 2.75) is 26.8 Å². The SMILES string of the molecule is CC(C)COc1ccccc1NC(C)c1ccccc1Cl. The zero-order valence-corrected chi connectivity index (χ0v) is 13.5. The van der Waals surface area contributed by atoms with Gasteiger partial charge in [0.25, 0.3) is 0 Å². The summed E-state index contributed by atoms with van der Waals surface area (Å²) in [7, 11) is 0. The van der Waals surface area contributed by atoms with Crippen molar-refractivity contribution in [3.05, 3.63) is 59.1 Å². The van der Waals surface area contributed by atoms with E-state index in [1.807, 2.05) is 48.5 Å². The van der Waals surface area contributed by atoms with Gasteiger partial charge in [0, 0.05) is 5.02 Å². The van der Waals surface area contributed by atoms with Crippen LogP contribution in [-0.4, -0.2) is 6.61 Å². The zero-order valence-electron chi connectivity index (χ0n) is 12.8. The van der Waals surface area contributed by atoms with Gasteiger partial charge in [-0.3, -0.25) is 0 Å². The van der Waals surface area contributed by atoms with Crippen LogP contribution in [0.5, 0.6) is 5.75 Å². The van der Waals surface area contributed by atoms with E-state index in [-0.39, 0.29) is 6.04 Å². The largest absolute Gasteiger partial charge is 0.491 e. The minimum Gasteiger partial charge on any atom is -0.491 e. The predicted octanol–water partition coefficient (Wildman–Crippen LogP) is 5.55. The van der Waals surface area contributed by atoms with Gasteiger partial charge in [-0.05, 0) is 36.6 Å². The average molecular weight is 304 g/mol. The van der Waals surface area contributed by atoms with E-state index in [1.54, 1.807) is 0 Å². The molecule has 0 saturated carbocycles. The summed E-state index contributed by atoms with van der Waals surface area (Å²) in [4.78, 5) is 0. The molecule has 0 heterocycles. The Morgan fingerprint density at radius 2 is 1.67 bits per heavy atom. The summed E-state index contributed by atoms with van der Waals surface area (Å²) < 4.78 is 5.87. The smallest absolute Gasteiger partial charge is 0.142 e. The summed E-state index contributed by atoms with van der Waals surface area (Å²) in [5.74, 6) is 1.38. The predicted molar refractivity (Wildman–Crippen MR) is 90.3 cm³/mol. The van der Waals surface area contributed by atoms with Gasteiger partial charge in [-0.25, -0.2) is 0 Å². The molecule has 0 radical (unpaired) electrons. The van der Waals surface area contributed by atoms with E-state index in [0.29, 0.717) is 12.5 Å². The van der Waals surface area contributed by atoms with Crippen molar-refractivity contribution in [3.8, 4) is 5.75 Å². The van der Waals surface area contributed by atoms with Crippen molar-refractivity contribution in [1.29, 1.82) is 0 Å². The molecule has 3 heteroatoms. The Balaban J connectivity index is 2.14. The Morgan fingerprint density at radius 3 is 2.38 bits per heavy atom. The number of rotatable bonds is 6. The summed E-state index contributed by atoms with van der Waals surface area (Å²) in [5.41, 5.74) is 2.07. The number of benzene rings is 2. The molecule has 0 aliphatic carbocycles. The first-order chi connectivity index (χ1) is 10.1. The number of nitrogens with one attached hydrogen (secondary N) is 1. The van der Waals surface area contributed by atoms with E-state index >= 15 is 0 Å². The minimum atomic E-state index is 0.113. The first kappa shape index (κ1) is 15.7. The maximum atomic E-state index is 6.26. The van der Waals surface area contributed by atoms with Gasteiger partial charge in [-0.1, -0.05) is 55.8 Å². The summed E-state index contributed by atoms with van der Waals surface area (Å²) >= 11 is 6.26. The molecule has 21 heavy (non-hydrogen) atoms. The standard InChI is InChI=1S/C18H22ClNO/c1-13(2)12-21-18-11-7-6-10-17(18)20-14(3)15-8-4-5-9-16(15)19/h4-11,13-14,20H,12H2,1-3H3. The normalized spacial score (nSPS) is 12.2. The molecule has 0 aliphatic heterocycles. The van der Waals surface area contributed by atoms with Crippen LogP contribution >= 0.6 is 11.6 Å². The minimum absolute atomic E-state index is 0.113. The number of hydrogen-bond acceptors (Lipinski definition) is 2. The van der Waals surface area contributed by atoms with Crippen LogP contribution in [0.15, 0.2) is 48.5 Å². The lowest BCUT2D eigenvalue weighted by Gasteiger charge is -2.20. The topological polar surface area (TPSA) is 21.3 Å². The maximum absolute atomic E-state index is 6.26. The fourth-order valence-electron chi connectivity index (χ4n) is 2.11. The second-order valence-corrected chi connectivity index (χ2v) is 6.00. The maximum Gasteiger partial charge on any atom is 0.142 e. The van der Waals surface area contributed by atoms with E-state index in [9.17, 15) is 0 Å². The van der Waals surface area contributed by atoms with Crippen molar-refractivity contribution in [2.75, 3.05) is 11.9 Å². The van der Waals surface area contributed by atoms with E-state index in [2.05, 4.69) is 26.1 Å². The first-order valence-electron chi connectivity index (χ1n) is 7.30. The third-order valence-corrected chi connectivity index (χ3v) is 3.55. The molecule has 0 spiro atoms. The second kappa shape index (κ2) is 7.37. The zero-order chi connectivity index (χ0) is 15.2. The van der Waals surface area contributed by atoms with Crippen molar-refractivity contribution < 1.29 is 4.74 Å². The van der Waals surface area contributed by atoms with Gasteiger partial charge in [0.05, 0.1) is 18.3 Å². The Labute approximate surface area is 132 Å². The second-order valence-electron chi connectivity index (χ2n) is 5.59. The third kappa shape index (κ3) is 4.40. The first-order valence-corrected chi connectivity index (χ1v) is 7.68. The molecule has 1 N–H and O–H groups in total. The summed E-state index contributed by atoms with van der Waals surface area (Å²) in [5, 5.41) is 4.26. The van der Waals surface area contributed by atoms with Crippen molar-refractivity contribution in [1.82, 2.24) is 0 Å².